The number of rotatable bonds is 2. The molecular formula is C10H15NOS. The highest BCUT2D eigenvalue weighted by molar-refractivity contribution is 7.08. The average Bonchev–Trinajstić information content (AvgIpc) is 2.72. The van der Waals surface area contributed by atoms with Gasteiger partial charge in [0.25, 0.3) is 0 Å². The number of thiophene rings is 1. The number of hydrogen-bond acceptors (Lipinski definition) is 3. The van der Waals surface area contributed by atoms with Crippen molar-refractivity contribution in [1.82, 2.24) is 4.90 Å². The van der Waals surface area contributed by atoms with Crippen LogP contribution in [0.2, 0.25) is 0 Å². The van der Waals surface area contributed by atoms with Crippen molar-refractivity contribution in [3.63, 3.8) is 0 Å². The molecule has 0 radical (unpaired) electrons. The molecule has 13 heavy (non-hydrogen) atoms. The van der Waals surface area contributed by atoms with Crippen LogP contribution >= 0.6 is 11.3 Å². The van der Waals surface area contributed by atoms with Gasteiger partial charge in [0.05, 0.1) is 0 Å². The molecule has 1 atom stereocenters. The quantitative estimate of drug-likeness (QED) is 0.779. The molecule has 2 rings (SSSR count). The summed E-state index contributed by atoms with van der Waals surface area (Å²) >= 11 is 1.66. The van der Waals surface area contributed by atoms with Crippen molar-refractivity contribution < 1.29 is 5.11 Å². The molecule has 1 unspecified atom stereocenters. The van der Waals surface area contributed by atoms with E-state index in [1.54, 1.807) is 11.3 Å². The maximum atomic E-state index is 10.3. The lowest BCUT2D eigenvalue weighted by atomic mass is 9.96. The van der Waals surface area contributed by atoms with Gasteiger partial charge in [-0.25, -0.2) is 0 Å². The number of β-amino-alcohol motifs (C(OH)–C–C–N with tert-alkyl or cyclic N) is 1. The zero-order valence-corrected chi connectivity index (χ0v) is 8.68. The van der Waals surface area contributed by atoms with Crippen molar-refractivity contribution >= 4 is 11.3 Å². The SMILES string of the molecule is CCN1CCC(O)(c2ccsc2)C1. The van der Waals surface area contributed by atoms with Gasteiger partial charge in [-0.2, -0.15) is 11.3 Å². The molecule has 72 valence electrons. The van der Waals surface area contributed by atoms with E-state index in [9.17, 15) is 5.11 Å². The standard InChI is InChI=1S/C10H15NOS/c1-2-11-5-4-10(12,8-11)9-3-6-13-7-9/h3,6-7,12H,2,4-5,8H2,1H3. The third kappa shape index (κ3) is 1.64. The van der Waals surface area contributed by atoms with Gasteiger partial charge < -0.3 is 10.0 Å². The topological polar surface area (TPSA) is 23.5 Å². The highest BCUT2D eigenvalue weighted by atomic mass is 32.1. The van der Waals surface area contributed by atoms with Crippen molar-refractivity contribution in [2.45, 2.75) is 18.9 Å². The Hall–Kier alpha value is -0.380. The van der Waals surface area contributed by atoms with E-state index in [2.05, 4.69) is 17.2 Å². The lowest BCUT2D eigenvalue weighted by molar-refractivity contribution is 0.0472. The number of nitrogens with zero attached hydrogens (tertiary/aromatic N) is 1. The van der Waals surface area contributed by atoms with E-state index in [1.807, 2.05) is 11.4 Å². The lowest BCUT2D eigenvalue weighted by Gasteiger charge is -2.21. The van der Waals surface area contributed by atoms with Gasteiger partial charge in [-0.1, -0.05) is 6.92 Å². The van der Waals surface area contributed by atoms with E-state index in [0.717, 1.165) is 31.6 Å². The maximum absolute atomic E-state index is 10.3. The Bertz CT molecular complexity index is 272. The number of hydrogen-bond donors (Lipinski definition) is 1. The van der Waals surface area contributed by atoms with Crippen molar-refractivity contribution in [3.8, 4) is 0 Å². The summed E-state index contributed by atoms with van der Waals surface area (Å²) < 4.78 is 0. The minimum atomic E-state index is -0.573. The highest BCUT2D eigenvalue weighted by Crippen LogP contribution is 2.32. The molecule has 0 aromatic carbocycles. The average molecular weight is 197 g/mol. The van der Waals surface area contributed by atoms with E-state index in [-0.39, 0.29) is 0 Å². The smallest absolute Gasteiger partial charge is 0.104 e. The molecule has 2 heterocycles. The molecule has 3 heteroatoms. The monoisotopic (exact) mass is 197 g/mol. The van der Waals surface area contributed by atoms with Gasteiger partial charge in [0, 0.05) is 13.1 Å². The van der Waals surface area contributed by atoms with E-state index >= 15 is 0 Å². The second-order valence-electron chi connectivity index (χ2n) is 3.66. The van der Waals surface area contributed by atoms with Gasteiger partial charge >= 0.3 is 0 Å². The fraction of sp³-hybridized carbons (Fsp3) is 0.600. The molecule has 1 N–H and O–H groups in total. The van der Waals surface area contributed by atoms with Crippen LogP contribution in [0.4, 0.5) is 0 Å². The fourth-order valence-electron chi connectivity index (χ4n) is 1.91. The predicted molar refractivity (Wildman–Crippen MR) is 54.9 cm³/mol. The second kappa shape index (κ2) is 3.40. The maximum Gasteiger partial charge on any atom is 0.104 e. The van der Waals surface area contributed by atoms with E-state index in [4.69, 9.17) is 0 Å². The molecule has 1 aliphatic heterocycles. The summed E-state index contributed by atoms with van der Waals surface area (Å²) in [5.41, 5.74) is 0.518. The minimum Gasteiger partial charge on any atom is -0.384 e. The van der Waals surface area contributed by atoms with E-state index < -0.39 is 5.60 Å². The Kier molecular flexibility index (Phi) is 2.41. The molecule has 0 aliphatic carbocycles. The van der Waals surface area contributed by atoms with E-state index in [0.29, 0.717) is 0 Å². The predicted octanol–water partition coefficient (Wildman–Crippen LogP) is 1.66. The van der Waals surface area contributed by atoms with Crippen LogP contribution in [0.25, 0.3) is 0 Å². The lowest BCUT2D eigenvalue weighted by Crippen LogP contribution is -2.30. The summed E-state index contributed by atoms with van der Waals surface area (Å²) in [7, 11) is 0. The first kappa shape index (κ1) is 9.19. The summed E-state index contributed by atoms with van der Waals surface area (Å²) in [6.45, 7) is 4.98. The van der Waals surface area contributed by atoms with Gasteiger partial charge in [0.2, 0.25) is 0 Å². The summed E-state index contributed by atoms with van der Waals surface area (Å²) in [5.74, 6) is 0. The molecular weight excluding hydrogens is 182 g/mol. The van der Waals surface area contributed by atoms with Gasteiger partial charge in [0.1, 0.15) is 5.60 Å². The van der Waals surface area contributed by atoms with Crippen LogP contribution in [0, 0.1) is 0 Å². The highest BCUT2D eigenvalue weighted by Gasteiger charge is 2.36. The first-order valence-corrected chi connectivity index (χ1v) is 5.66. The minimum absolute atomic E-state index is 0.573. The van der Waals surface area contributed by atoms with E-state index in [1.165, 1.54) is 0 Å². The van der Waals surface area contributed by atoms with Gasteiger partial charge in [-0.15, -0.1) is 0 Å². The number of aliphatic hydroxyl groups is 1. The van der Waals surface area contributed by atoms with Crippen molar-refractivity contribution in [1.29, 1.82) is 0 Å². The Balaban J connectivity index is 2.15. The van der Waals surface area contributed by atoms with Gasteiger partial charge in [-0.3, -0.25) is 0 Å². The zero-order chi connectivity index (χ0) is 9.31. The Labute approximate surface area is 82.8 Å². The largest absolute Gasteiger partial charge is 0.384 e. The molecule has 1 saturated heterocycles. The van der Waals surface area contributed by atoms with Crippen molar-refractivity contribution in [2.75, 3.05) is 19.6 Å². The third-order valence-electron chi connectivity index (χ3n) is 2.83. The van der Waals surface area contributed by atoms with Gasteiger partial charge in [0.15, 0.2) is 0 Å². The second-order valence-corrected chi connectivity index (χ2v) is 4.44. The normalized spacial score (nSPS) is 29.7. The van der Waals surface area contributed by atoms with Crippen LogP contribution in [0.3, 0.4) is 0 Å². The van der Waals surface area contributed by atoms with Crippen LogP contribution in [0.15, 0.2) is 16.8 Å². The van der Waals surface area contributed by atoms with Crippen LogP contribution < -0.4 is 0 Å². The van der Waals surface area contributed by atoms with Crippen LogP contribution in [0.5, 0.6) is 0 Å². The summed E-state index contributed by atoms with van der Waals surface area (Å²) in [4.78, 5) is 2.29. The molecule has 0 spiro atoms. The van der Waals surface area contributed by atoms with Crippen molar-refractivity contribution in [3.05, 3.63) is 22.4 Å². The van der Waals surface area contributed by atoms with Gasteiger partial charge in [-0.05, 0) is 35.4 Å². The molecule has 2 nitrogen and oxygen atoms in total. The summed E-state index contributed by atoms with van der Waals surface area (Å²) in [5, 5.41) is 14.4. The first-order valence-electron chi connectivity index (χ1n) is 4.72. The first-order chi connectivity index (χ1) is 6.24. The Morgan fingerprint density at radius 1 is 1.69 bits per heavy atom. The zero-order valence-electron chi connectivity index (χ0n) is 7.86. The molecule has 1 aliphatic rings. The molecule has 0 saturated carbocycles. The van der Waals surface area contributed by atoms with Crippen LogP contribution in [0.1, 0.15) is 18.9 Å². The van der Waals surface area contributed by atoms with Crippen LogP contribution in [-0.2, 0) is 5.60 Å². The number of likely N-dealkylation sites (tertiary alicyclic amines) is 1. The molecule has 0 bridgehead atoms. The third-order valence-corrected chi connectivity index (χ3v) is 3.52. The molecule has 1 aromatic rings. The summed E-state index contributed by atoms with van der Waals surface area (Å²) in [6.07, 6.45) is 0.873. The van der Waals surface area contributed by atoms with Crippen molar-refractivity contribution in [2.24, 2.45) is 0 Å². The number of likely N-dealkylation sites (N-methyl/N-ethyl adjacent to an activating group) is 1. The molecule has 0 amide bonds. The Morgan fingerprint density at radius 3 is 3.08 bits per heavy atom. The van der Waals surface area contributed by atoms with Crippen LogP contribution in [-0.4, -0.2) is 29.6 Å². The fourth-order valence-corrected chi connectivity index (χ4v) is 2.65. The molecule has 1 aromatic heterocycles. The Morgan fingerprint density at radius 2 is 2.54 bits per heavy atom. The molecule has 1 fully saturated rings. The summed E-state index contributed by atoms with van der Waals surface area (Å²) in [6, 6.07) is 2.03.